The van der Waals surface area contributed by atoms with E-state index in [1.165, 1.54) is 19.1 Å². The Labute approximate surface area is 585 Å². The van der Waals surface area contributed by atoms with Crippen molar-refractivity contribution >= 4 is 53.1 Å². The van der Waals surface area contributed by atoms with Crippen molar-refractivity contribution in [2.24, 2.45) is 11.3 Å². The summed E-state index contributed by atoms with van der Waals surface area (Å²) in [4.78, 5) is 107. The lowest BCUT2D eigenvalue weighted by Gasteiger charge is -2.39. The minimum atomic E-state index is -1.88. The molecule has 8 N–H and O–H groups in total. The van der Waals surface area contributed by atoms with E-state index in [0.717, 1.165) is 4.90 Å². The van der Waals surface area contributed by atoms with Crippen molar-refractivity contribution in [3.8, 4) is 0 Å². The second-order valence-corrected chi connectivity index (χ2v) is 25.0. The summed E-state index contributed by atoms with van der Waals surface area (Å²) in [7, 11) is 1.63. The number of ether oxygens (including phenoxy) is 15. The second-order valence-electron chi connectivity index (χ2n) is 25.0. The number of carboxylic acids is 1. The molecule has 570 valence electrons. The minimum absolute atomic E-state index is 0.0201. The predicted molar refractivity (Wildman–Crippen MR) is 355 cm³/mol. The van der Waals surface area contributed by atoms with E-state index in [4.69, 9.17) is 71.1 Å². The van der Waals surface area contributed by atoms with E-state index < -0.39 is 107 Å². The number of carbonyl (C=O) groups excluding carboxylic acids is 7. The molecule has 0 saturated carbocycles. The molecule has 2 fully saturated rings. The number of benzene rings is 1. The fourth-order valence-corrected chi connectivity index (χ4v) is 10.2. The smallest absolute Gasteiger partial charge is 0.335 e. The molecular weight excluding hydrogens is 1320 g/mol. The first-order chi connectivity index (χ1) is 48.0. The first kappa shape index (κ1) is 86.6. The molecule has 1 aromatic carbocycles. The van der Waals surface area contributed by atoms with Crippen LogP contribution in [0.25, 0.3) is 0 Å². The summed E-state index contributed by atoms with van der Waals surface area (Å²) in [6.45, 7) is 20.2. The molecular formula is C67H110N6O27. The maximum absolute atomic E-state index is 13.8. The SMILES string of the molecule is COCCOCCOCCOCCOCCOCCOCCOCCOCCOCCOCCOCCOCCC(=O)NC[C@@H]1C[C@@H](N2C(=O)C=CC2=O)CN1CC(=O)N[C@H](C(=O)N[C@@H](C)C(=O)Nc1ccc(COC(=O)C(C)(C)C)c(CC[C@@H]2O[C@H](C(=O)O)[C@@H](O)[C@H](O)[C@H]2O)c1)C(C)C. The van der Waals surface area contributed by atoms with Crippen LogP contribution in [0.3, 0.4) is 0 Å². The number of hydrogen-bond donors (Lipinski definition) is 8. The van der Waals surface area contributed by atoms with Crippen LogP contribution < -0.4 is 21.3 Å². The number of likely N-dealkylation sites (tertiary alicyclic amines) is 1. The van der Waals surface area contributed by atoms with Gasteiger partial charge in [-0.3, -0.25) is 43.4 Å². The van der Waals surface area contributed by atoms with Gasteiger partial charge in [-0.1, -0.05) is 19.9 Å². The van der Waals surface area contributed by atoms with Gasteiger partial charge < -0.3 is 113 Å². The summed E-state index contributed by atoms with van der Waals surface area (Å²) in [6.07, 6.45) is -5.74. The first-order valence-electron chi connectivity index (χ1n) is 34.1. The topological polar surface area (TPSA) is 411 Å². The average molecular weight is 1430 g/mol. The number of anilines is 1. The lowest BCUT2D eigenvalue weighted by atomic mass is 9.91. The standard InChI is InChI=1S/C67H110N6O27/c1-46(2)58(64(82)69-47(3)63(81)70-50-10-8-49(45-99-66(85)67(4,5)6)48(40-50)9-11-53-59(78)60(79)61(80)62(100-53)65(83)84)71-55(75)44-72-43-52(73-56(76)12-13-57(73)77)41-51(72)42-68-54(74)14-15-87-18-19-89-22-23-91-26-27-93-30-31-95-34-35-97-38-39-98-37-36-96-33-32-94-29-28-92-25-24-90-21-20-88-17-16-86-7/h8,10,12-13,40,46-47,51-53,58-62,78-80H,9,11,14-39,41-45H2,1-7H3,(H,68,74)(H,69,82)(H,70,81)(H,71,75)(H,83,84)/t47-,51-,52+,53-,58-,59-,60+,61-,62-/m0/s1. The maximum atomic E-state index is 13.8. The molecule has 0 radical (unpaired) electrons. The van der Waals surface area contributed by atoms with Gasteiger partial charge in [-0.25, -0.2) is 4.79 Å². The van der Waals surface area contributed by atoms with Crippen LogP contribution in [0.15, 0.2) is 30.4 Å². The van der Waals surface area contributed by atoms with E-state index in [0.29, 0.717) is 156 Å². The molecule has 6 amide bonds. The number of aliphatic carboxylic acids is 1. The molecule has 3 aliphatic heterocycles. The first-order valence-corrected chi connectivity index (χ1v) is 34.1. The third kappa shape index (κ3) is 34.4. The molecule has 0 aliphatic carbocycles. The highest BCUT2D eigenvalue weighted by atomic mass is 16.6. The maximum Gasteiger partial charge on any atom is 0.335 e. The Morgan fingerprint density at radius 1 is 0.590 bits per heavy atom. The molecule has 33 nitrogen and oxygen atoms in total. The zero-order chi connectivity index (χ0) is 73.1. The van der Waals surface area contributed by atoms with Crippen LogP contribution in [0.4, 0.5) is 5.69 Å². The number of imide groups is 1. The fourth-order valence-electron chi connectivity index (χ4n) is 10.2. The third-order valence-electron chi connectivity index (χ3n) is 15.7. The Kier molecular flexibility index (Phi) is 43.1. The normalized spacial score (nSPS) is 20.1. The number of carbonyl (C=O) groups is 8. The number of aryl methyl sites for hydroxylation is 1. The van der Waals surface area contributed by atoms with Gasteiger partial charge in [0.25, 0.3) is 11.8 Å². The highest BCUT2D eigenvalue weighted by Crippen LogP contribution is 2.28. The van der Waals surface area contributed by atoms with Gasteiger partial charge >= 0.3 is 11.9 Å². The Morgan fingerprint density at radius 3 is 1.49 bits per heavy atom. The Morgan fingerprint density at radius 2 is 1.05 bits per heavy atom. The third-order valence-corrected chi connectivity index (χ3v) is 15.7. The zero-order valence-corrected chi connectivity index (χ0v) is 59.1. The lowest BCUT2D eigenvalue weighted by molar-refractivity contribution is -0.228. The minimum Gasteiger partial charge on any atom is -0.479 e. The van der Waals surface area contributed by atoms with Crippen LogP contribution in [0.1, 0.15) is 71.9 Å². The van der Waals surface area contributed by atoms with Gasteiger partial charge in [0.2, 0.25) is 23.6 Å². The van der Waals surface area contributed by atoms with Gasteiger partial charge in [-0.15, -0.1) is 0 Å². The Hall–Kier alpha value is -5.80. The van der Waals surface area contributed by atoms with Crippen LogP contribution in [-0.4, -0.2) is 324 Å². The van der Waals surface area contributed by atoms with Crippen LogP contribution in [0, 0.1) is 11.3 Å². The van der Waals surface area contributed by atoms with Gasteiger partial charge in [-0.05, 0) is 76.1 Å². The number of methoxy groups -OCH3 is 1. The summed E-state index contributed by atoms with van der Waals surface area (Å²) in [5.74, 6) is -5.73. The van der Waals surface area contributed by atoms with Gasteiger partial charge in [0.1, 0.15) is 37.0 Å². The molecule has 0 spiro atoms. The van der Waals surface area contributed by atoms with Crippen molar-refractivity contribution in [3.05, 3.63) is 41.5 Å². The molecule has 33 heteroatoms. The number of nitrogens with zero attached hydrogens (tertiary/aromatic N) is 2. The molecule has 0 bridgehead atoms. The number of esters is 1. The van der Waals surface area contributed by atoms with Crippen LogP contribution in [0.2, 0.25) is 0 Å². The van der Waals surface area contributed by atoms with E-state index in [1.54, 1.807) is 64.8 Å². The fraction of sp³-hybridized carbons (Fsp3) is 0.761. The van der Waals surface area contributed by atoms with Crippen molar-refractivity contribution in [2.75, 3.05) is 197 Å². The molecule has 4 rings (SSSR count). The lowest BCUT2D eigenvalue weighted by Crippen LogP contribution is -2.59. The quantitative estimate of drug-likeness (QED) is 0.0219. The summed E-state index contributed by atoms with van der Waals surface area (Å²) >= 11 is 0. The van der Waals surface area contributed by atoms with E-state index in [9.17, 15) is 58.8 Å². The molecule has 100 heavy (non-hydrogen) atoms. The number of aliphatic hydroxyl groups is 3. The van der Waals surface area contributed by atoms with E-state index in [1.807, 2.05) is 0 Å². The molecule has 2 saturated heterocycles. The summed E-state index contributed by atoms with van der Waals surface area (Å²) < 4.78 is 81.9. The molecule has 9 atom stereocenters. The van der Waals surface area contributed by atoms with Crippen LogP contribution in [0.5, 0.6) is 0 Å². The van der Waals surface area contributed by atoms with Gasteiger partial charge in [0.15, 0.2) is 6.10 Å². The van der Waals surface area contributed by atoms with Gasteiger partial charge in [0, 0.05) is 50.5 Å². The zero-order valence-electron chi connectivity index (χ0n) is 59.1. The average Bonchev–Trinajstić information content (AvgIpc) is 1.28. The summed E-state index contributed by atoms with van der Waals surface area (Å²) in [6, 6.07) is 1.32. The molecule has 3 heterocycles. The van der Waals surface area contributed by atoms with E-state index in [-0.39, 0.29) is 83.3 Å². The number of rotatable bonds is 56. The number of nitrogens with one attached hydrogen (secondary N) is 4. The van der Waals surface area contributed by atoms with Crippen molar-refractivity contribution in [3.63, 3.8) is 0 Å². The highest BCUT2D eigenvalue weighted by Gasteiger charge is 2.47. The van der Waals surface area contributed by atoms with Crippen molar-refractivity contribution in [2.45, 2.75) is 129 Å². The van der Waals surface area contributed by atoms with Crippen molar-refractivity contribution in [1.29, 1.82) is 0 Å². The molecule has 1 aromatic rings. The highest BCUT2D eigenvalue weighted by molar-refractivity contribution is 6.13. The van der Waals surface area contributed by atoms with Crippen molar-refractivity contribution in [1.82, 2.24) is 25.8 Å². The Balaban J connectivity index is 1.06. The Bertz CT molecular complexity index is 2580. The van der Waals surface area contributed by atoms with E-state index >= 15 is 0 Å². The number of amides is 6. The number of hydrogen-bond acceptors (Lipinski definition) is 27. The molecule has 0 aromatic heterocycles. The largest absolute Gasteiger partial charge is 0.479 e. The second kappa shape index (κ2) is 49.7. The number of aliphatic hydroxyl groups excluding tert-OH is 3. The monoisotopic (exact) mass is 1430 g/mol. The summed E-state index contributed by atoms with van der Waals surface area (Å²) in [5, 5.41) is 51.8. The molecule has 3 aliphatic rings. The van der Waals surface area contributed by atoms with Gasteiger partial charge in [0.05, 0.1) is 189 Å². The van der Waals surface area contributed by atoms with E-state index in [2.05, 4.69) is 21.3 Å². The van der Waals surface area contributed by atoms with Gasteiger partial charge in [-0.2, -0.15) is 0 Å². The number of carboxylic acid groups (broad SMARTS) is 1. The van der Waals surface area contributed by atoms with Crippen LogP contribution in [-0.2, 0) is 122 Å². The summed E-state index contributed by atoms with van der Waals surface area (Å²) in [5.41, 5.74) is 0.430. The predicted octanol–water partition coefficient (Wildman–Crippen LogP) is -1.05. The van der Waals surface area contributed by atoms with Crippen LogP contribution >= 0.6 is 0 Å². The van der Waals surface area contributed by atoms with Crippen molar-refractivity contribution < 1.29 is 130 Å². The molecule has 0 unspecified atom stereocenters.